The molecule has 31 heteroatoms. The quantitative estimate of drug-likeness (QED) is 0.116. The fraction of sp³-hybridized carbons (Fsp3) is 0.286. The van der Waals surface area contributed by atoms with Crippen molar-refractivity contribution in [2.75, 3.05) is 37.8 Å². The Morgan fingerprint density at radius 3 is 1.38 bits per heavy atom. The first-order valence-corrected chi connectivity index (χ1v) is 31.6. The molecule has 0 unspecified atom stereocenters. The van der Waals surface area contributed by atoms with Crippen LogP contribution in [0.2, 0.25) is 0 Å². The van der Waals surface area contributed by atoms with Crippen LogP contribution >= 0.6 is 0 Å². The molecule has 5 amide bonds. The van der Waals surface area contributed by atoms with Crippen LogP contribution in [0.4, 0.5) is 20.4 Å². The van der Waals surface area contributed by atoms with Crippen LogP contribution in [-0.2, 0) is 81.3 Å². The molecule has 3 N–H and O–H groups in total. The van der Waals surface area contributed by atoms with Crippen LogP contribution in [-0.4, -0.2) is 168 Å². The maximum Gasteiger partial charge on any atom is 0.354 e. The number of pyridine rings is 2. The van der Waals surface area contributed by atoms with Gasteiger partial charge in [-0.2, -0.15) is 10.2 Å². The number of Topliss-reactive ketones (excluding diaryl/α,β-unsaturated/α-hetero) is 2. The van der Waals surface area contributed by atoms with Crippen LogP contribution in [0.1, 0.15) is 80.3 Å². The summed E-state index contributed by atoms with van der Waals surface area (Å²) in [6.07, 6.45) is 3.46. The van der Waals surface area contributed by atoms with Crippen LogP contribution in [0.25, 0.3) is 44.1 Å². The zero-order valence-electron chi connectivity index (χ0n) is 47.1. The average molecular weight is 1280 g/mol. The number of amides is 5. The number of carbonyl (C=O) groups excluding carboxylic acids is 7. The number of hydrogen-bond acceptors (Lipinski definition) is 18. The fourth-order valence-electron chi connectivity index (χ4n) is 9.52. The summed E-state index contributed by atoms with van der Waals surface area (Å²) in [4.78, 5) is 130. The number of carboxylic acids is 1. The van der Waals surface area contributed by atoms with Crippen LogP contribution in [0, 0.1) is 13.8 Å². The molecule has 2 aliphatic rings. The number of carbonyl (C=O) groups is 8. The maximum atomic E-state index is 14.6. The number of aromatic nitrogens is 10. The molecule has 0 spiro atoms. The van der Waals surface area contributed by atoms with Crippen LogP contribution < -0.4 is 10.6 Å². The summed E-state index contributed by atoms with van der Waals surface area (Å²) in [7, 11) is 7.11. The Labute approximate surface area is 513 Å². The van der Waals surface area contributed by atoms with E-state index in [0.29, 0.717) is 33.5 Å². The maximum absolute atomic E-state index is 14.6. The van der Waals surface area contributed by atoms with Gasteiger partial charge in [-0.15, -0.1) is 0 Å². The second-order valence-electron chi connectivity index (χ2n) is 19.9. The summed E-state index contributed by atoms with van der Waals surface area (Å²) < 4.78 is 31.8. The Hall–Kier alpha value is -9.04. The number of ketones is 2. The highest BCUT2D eigenvalue weighted by Gasteiger charge is 2.42. The number of alkyl halides is 2. The Morgan fingerprint density at radius 1 is 0.609 bits per heavy atom. The molecule has 450 valence electrons. The zero-order valence-corrected chi connectivity index (χ0v) is 51.2. The van der Waals surface area contributed by atoms with Gasteiger partial charge in [-0.25, -0.2) is 43.5 Å². The van der Waals surface area contributed by atoms with Gasteiger partial charge < -0.3 is 30.4 Å². The molecule has 10 rings (SSSR count). The van der Waals surface area contributed by atoms with Crippen molar-refractivity contribution >= 4 is 130 Å². The second-order valence-corrected chi connectivity index (χ2v) is 25.2. The Bertz CT molecular complexity index is 4140. The number of carboxylic acid groups (broad SMARTS) is 1. The van der Waals surface area contributed by atoms with Gasteiger partial charge in [0.1, 0.15) is 77.9 Å². The molecule has 6 aromatic heterocycles. The van der Waals surface area contributed by atoms with E-state index in [4.69, 9.17) is 5.11 Å². The molecule has 0 aliphatic carbocycles. The third-order valence-corrected chi connectivity index (χ3v) is 18.1. The van der Waals surface area contributed by atoms with Crippen molar-refractivity contribution < 1.29 is 52.2 Å². The van der Waals surface area contributed by atoms with E-state index in [2.05, 4.69) is 73.1 Å². The van der Waals surface area contributed by atoms with E-state index in [-0.39, 0.29) is 90.9 Å². The Kier molecular flexibility index (Phi) is 20.9. The number of nitrogens with one attached hydrogen (secondary N) is 2. The number of benzene rings is 2. The molecule has 8 heterocycles. The first-order chi connectivity index (χ1) is 41.5. The highest BCUT2D eigenvalue weighted by atomic mass is 33.3. The van der Waals surface area contributed by atoms with Crippen molar-refractivity contribution in [1.29, 1.82) is 0 Å². The lowest BCUT2D eigenvalue weighted by Crippen LogP contribution is -2.44. The molecule has 2 aliphatic heterocycles. The normalized spacial score (nSPS) is 16.0. The molecular formula is C56H53F2N15O9S5. The second kappa shape index (κ2) is 28.4. The summed E-state index contributed by atoms with van der Waals surface area (Å²) in [5, 5.41) is 24.0. The third kappa shape index (κ3) is 15.5. The highest BCUT2D eigenvalue weighted by molar-refractivity contribution is 8.59. The smallest absolute Gasteiger partial charge is 0.354 e. The van der Waals surface area contributed by atoms with Gasteiger partial charge in [0.05, 0.1) is 24.1 Å². The van der Waals surface area contributed by atoms with Gasteiger partial charge in [0, 0.05) is 136 Å². The van der Waals surface area contributed by atoms with Gasteiger partial charge in [0.15, 0.2) is 17.3 Å². The largest absolute Gasteiger partial charge is 0.477 e. The monoisotopic (exact) mass is 1280 g/mol. The van der Waals surface area contributed by atoms with Gasteiger partial charge in [-0.3, -0.25) is 42.9 Å². The Balaban J connectivity index is 0.000000210. The number of aromatic carboxylic acids is 1. The number of hydrogen-bond donors (Lipinski definition) is 3. The standard InChI is InChI=1S/C29H29FN8O4.C27H24FN7O5.S5/c1-16(39)27-21-10-18(19-12-31-17(2)32-13-19)8-9-23(21)38(35-27)15-26(40)37-14-20(30)11-24(37)28(41)34-25-7-5-6-22(33-25)29(42)36(3)4;1-14(36)25-19-8-16(17-10-29-15(2)30-11-17)6-7-21(19)35(33-25)13-24(37)34-12-18(28)9-22(34)26(38)32-23-5-3-4-20(31-23)27(39)40;1-3-5-4-2/h5-10,12-13,20,24H,11,14-15H2,1-4H3,(H,33,34,41);3-8,10-11,18,22H,9,12-13H2,1-2H3,(H,39,40)(H,31,32,38);/t20-,24+;18-,22+;/m11./s1. The van der Waals surface area contributed by atoms with Crippen LogP contribution in [0.15, 0.2) is 97.6 Å². The van der Waals surface area contributed by atoms with E-state index >= 15 is 0 Å². The fourth-order valence-corrected chi connectivity index (χ4v) is 12.3. The number of halogens is 2. The van der Waals surface area contributed by atoms with Gasteiger partial charge in [-0.1, -0.05) is 24.3 Å². The summed E-state index contributed by atoms with van der Waals surface area (Å²) in [5.74, 6) is -3.28. The molecule has 0 saturated carbocycles. The molecule has 2 aromatic carbocycles. The van der Waals surface area contributed by atoms with Crippen molar-refractivity contribution in [2.45, 2.75) is 78.1 Å². The summed E-state index contributed by atoms with van der Waals surface area (Å²) in [6.45, 7) is 5.12. The number of fused-ring (bicyclic) bond motifs is 2. The predicted molar refractivity (Wildman–Crippen MR) is 329 cm³/mol. The van der Waals surface area contributed by atoms with Crippen molar-refractivity contribution in [1.82, 2.24) is 64.2 Å². The minimum absolute atomic E-state index is 0.0291. The Morgan fingerprint density at radius 2 is 1.01 bits per heavy atom. The number of likely N-dealkylation sites (tertiary alicyclic amines) is 2. The van der Waals surface area contributed by atoms with E-state index in [1.807, 2.05) is 6.07 Å². The average Bonchev–Trinajstić information content (AvgIpc) is 2.80. The van der Waals surface area contributed by atoms with E-state index in [1.165, 1.54) is 90.0 Å². The van der Waals surface area contributed by atoms with Crippen molar-refractivity contribution in [2.24, 2.45) is 0 Å². The van der Waals surface area contributed by atoms with Gasteiger partial charge >= 0.3 is 5.97 Å². The lowest BCUT2D eigenvalue weighted by atomic mass is 10.0. The zero-order chi connectivity index (χ0) is 62.8. The molecule has 24 nitrogen and oxygen atoms in total. The van der Waals surface area contributed by atoms with Crippen molar-refractivity contribution in [3.8, 4) is 22.3 Å². The SMILES string of the molecule is CC(=O)c1nn(CC(=O)N2C[C@H](F)C[C@H]2C(=O)Nc2cccc(C(=O)N(C)C)n2)c2ccc(-c3cnc(C)nc3)cc12.CC(=O)c1nn(CC(=O)N2C[C@H](F)C[C@H]2C(=O)Nc2cccc(C(=O)O)n2)c2ccc(-c3cnc(C)nc3)cc12.S=S=S=S=S. The lowest BCUT2D eigenvalue weighted by molar-refractivity contribution is -0.137. The molecule has 0 bridgehead atoms. The van der Waals surface area contributed by atoms with Crippen molar-refractivity contribution in [3.05, 3.63) is 132 Å². The summed E-state index contributed by atoms with van der Waals surface area (Å²) in [6, 6.07) is 17.1. The molecule has 4 atom stereocenters. The minimum Gasteiger partial charge on any atom is -0.477 e. The van der Waals surface area contributed by atoms with E-state index in [0.717, 1.165) is 27.2 Å². The third-order valence-electron chi connectivity index (χ3n) is 13.6. The molecular weight excluding hydrogens is 1230 g/mol. The first-order valence-electron chi connectivity index (χ1n) is 26.3. The summed E-state index contributed by atoms with van der Waals surface area (Å²) >= 11 is 8.89. The lowest BCUT2D eigenvalue weighted by Gasteiger charge is -2.23. The number of rotatable bonds is 14. The van der Waals surface area contributed by atoms with Crippen LogP contribution in [0.3, 0.4) is 0 Å². The van der Waals surface area contributed by atoms with E-state index < -0.39 is 54.0 Å². The summed E-state index contributed by atoms with van der Waals surface area (Å²) in [5.41, 5.74) is 4.30. The number of nitrogens with zero attached hydrogens (tertiary/aromatic N) is 13. The number of anilines is 2. The van der Waals surface area contributed by atoms with Crippen molar-refractivity contribution in [3.63, 3.8) is 0 Å². The molecule has 0 radical (unpaired) electrons. The highest BCUT2D eigenvalue weighted by Crippen LogP contribution is 2.30. The number of aryl methyl sites for hydroxylation is 2. The van der Waals surface area contributed by atoms with Gasteiger partial charge in [-0.05, 0) is 73.5 Å². The molecule has 8 aromatic rings. The predicted octanol–water partition coefficient (Wildman–Crippen LogP) is 5.34. The van der Waals surface area contributed by atoms with Gasteiger partial charge in [0.2, 0.25) is 23.6 Å². The first kappa shape index (κ1) is 64.0. The topological polar surface area (TPSA) is 304 Å². The van der Waals surface area contributed by atoms with E-state index in [9.17, 15) is 47.1 Å². The molecule has 2 fully saturated rings. The van der Waals surface area contributed by atoms with Gasteiger partial charge in [0.25, 0.3) is 5.91 Å². The minimum atomic E-state index is -1.43. The molecule has 87 heavy (non-hydrogen) atoms. The van der Waals surface area contributed by atoms with Crippen LogP contribution in [0.5, 0.6) is 0 Å². The van der Waals surface area contributed by atoms with E-state index in [1.54, 1.807) is 89.1 Å². The molecule has 2 saturated heterocycles.